The van der Waals surface area contributed by atoms with Crippen LogP contribution >= 0.6 is 0 Å². The lowest BCUT2D eigenvalue weighted by Gasteiger charge is -2.25. The van der Waals surface area contributed by atoms with E-state index in [2.05, 4.69) is 67.7 Å². The molecule has 0 radical (unpaired) electrons. The van der Waals surface area contributed by atoms with E-state index in [0.29, 0.717) is 6.04 Å². The van der Waals surface area contributed by atoms with Gasteiger partial charge in [0.2, 0.25) is 0 Å². The van der Waals surface area contributed by atoms with Gasteiger partial charge in [0, 0.05) is 12.6 Å². The van der Waals surface area contributed by atoms with Gasteiger partial charge in [-0.15, -0.1) is 0 Å². The van der Waals surface area contributed by atoms with E-state index in [0.717, 1.165) is 13.2 Å². The molecule has 1 heterocycles. The molecule has 23 heavy (non-hydrogen) atoms. The minimum Gasteiger partial charge on any atom is -0.425 e. The Bertz CT molecular complexity index is 557. The maximum Gasteiger partial charge on any atom is 0.361 e. The molecule has 3 heteroatoms. The summed E-state index contributed by atoms with van der Waals surface area (Å²) in [5.74, 6) is 0. The first-order valence-electron chi connectivity index (χ1n) is 8.70. The zero-order valence-corrected chi connectivity index (χ0v) is 14.2. The second-order valence-corrected chi connectivity index (χ2v) is 6.68. The SMILES string of the molecule is Cc1ccc(B(OCC2CCCCN2)c2ccc(C)cc2)cc1. The Morgan fingerprint density at radius 1 is 0.913 bits per heavy atom. The van der Waals surface area contributed by atoms with Gasteiger partial charge in [0.1, 0.15) is 0 Å². The average Bonchev–Trinajstić information content (AvgIpc) is 2.59. The molecule has 120 valence electrons. The van der Waals surface area contributed by atoms with Crippen LogP contribution in [0.1, 0.15) is 30.4 Å². The molecule has 1 saturated heterocycles. The highest BCUT2D eigenvalue weighted by Gasteiger charge is 2.23. The van der Waals surface area contributed by atoms with Crippen LogP contribution in [0.2, 0.25) is 0 Å². The number of nitrogens with one attached hydrogen (secondary N) is 1. The maximum atomic E-state index is 6.37. The highest BCUT2D eigenvalue weighted by molar-refractivity contribution is 6.80. The Balaban J connectivity index is 1.77. The van der Waals surface area contributed by atoms with E-state index in [-0.39, 0.29) is 6.92 Å². The van der Waals surface area contributed by atoms with Crippen LogP contribution in [0.5, 0.6) is 0 Å². The fourth-order valence-electron chi connectivity index (χ4n) is 3.15. The van der Waals surface area contributed by atoms with Gasteiger partial charge in [-0.05, 0) is 44.2 Å². The van der Waals surface area contributed by atoms with Crippen molar-refractivity contribution in [2.75, 3.05) is 13.2 Å². The lowest BCUT2D eigenvalue weighted by Crippen LogP contribution is -2.48. The molecule has 1 unspecified atom stereocenters. The molecule has 1 aliphatic heterocycles. The molecule has 1 aliphatic rings. The molecule has 0 aliphatic carbocycles. The number of benzene rings is 2. The van der Waals surface area contributed by atoms with Crippen molar-refractivity contribution in [2.24, 2.45) is 0 Å². The Labute approximate surface area is 140 Å². The molecule has 0 spiro atoms. The molecule has 3 rings (SSSR count). The molecule has 1 fully saturated rings. The van der Waals surface area contributed by atoms with E-state index in [1.54, 1.807) is 0 Å². The predicted molar refractivity (Wildman–Crippen MR) is 99.0 cm³/mol. The first-order chi connectivity index (χ1) is 11.2. The van der Waals surface area contributed by atoms with Crippen molar-refractivity contribution in [3.05, 3.63) is 59.7 Å². The minimum absolute atomic E-state index is 0.0138. The smallest absolute Gasteiger partial charge is 0.361 e. The van der Waals surface area contributed by atoms with Crippen LogP contribution in [0.4, 0.5) is 0 Å². The van der Waals surface area contributed by atoms with Crippen LogP contribution in [0.15, 0.2) is 48.5 Å². The van der Waals surface area contributed by atoms with Crippen molar-refractivity contribution in [1.29, 1.82) is 0 Å². The zero-order chi connectivity index (χ0) is 16.1. The third kappa shape index (κ3) is 4.46. The van der Waals surface area contributed by atoms with E-state index >= 15 is 0 Å². The van der Waals surface area contributed by atoms with Gasteiger partial charge in [-0.25, -0.2) is 0 Å². The second kappa shape index (κ2) is 7.80. The number of hydrogen-bond acceptors (Lipinski definition) is 2. The fraction of sp³-hybridized carbons (Fsp3) is 0.400. The summed E-state index contributed by atoms with van der Waals surface area (Å²) >= 11 is 0. The third-order valence-corrected chi connectivity index (χ3v) is 4.64. The van der Waals surface area contributed by atoms with E-state index in [1.165, 1.54) is 41.3 Å². The molecule has 2 nitrogen and oxygen atoms in total. The van der Waals surface area contributed by atoms with Gasteiger partial charge >= 0.3 is 6.92 Å². The number of rotatable bonds is 5. The van der Waals surface area contributed by atoms with Gasteiger partial charge in [0.25, 0.3) is 0 Å². The van der Waals surface area contributed by atoms with E-state index < -0.39 is 0 Å². The van der Waals surface area contributed by atoms with Gasteiger partial charge in [-0.1, -0.05) is 66.1 Å². The van der Waals surface area contributed by atoms with Crippen LogP contribution in [0.25, 0.3) is 0 Å². The van der Waals surface area contributed by atoms with E-state index in [1.807, 2.05) is 0 Å². The lowest BCUT2D eigenvalue weighted by atomic mass is 9.55. The summed E-state index contributed by atoms with van der Waals surface area (Å²) in [6.07, 6.45) is 3.81. The summed E-state index contributed by atoms with van der Waals surface area (Å²) in [7, 11) is 0. The fourth-order valence-corrected chi connectivity index (χ4v) is 3.15. The Hall–Kier alpha value is -1.58. The zero-order valence-electron chi connectivity index (χ0n) is 14.2. The Morgan fingerprint density at radius 2 is 1.48 bits per heavy atom. The largest absolute Gasteiger partial charge is 0.425 e. The van der Waals surface area contributed by atoms with Crippen molar-refractivity contribution in [3.8, 4) is 0 Å². The number of aryl methyl sites for hydroxylation is 2. The quantitative estimate of drug-likeness (QED) is 0.857. The van der Waals surface area contributed by atoms with E-state index in [4.69, 9.17) is 4.65 Å². The van der Waals surface area contributed by atoms with Gasteiger partial charge in [0.15, 0.2) is 0 Å². The number of piperidine rings is 1. The van der Waals surface area contributed by atoms with Gasteiger partial charge < -0.3 is 9.97 Å². The summed E-state index contributed by atoms with van der Waals surface area (Å²) < 4.78 is 6.37. The topological polar surface area (TPSA) is 21.3 Å². The van der Waals surface area contributed by atoms with Crippen LogP contribution in [-0.2, 0) is 4.65 Å². The molecule has 2 aromatic rings. The minimum atomic E-state index is 0.0138. The normalized spacial score (nSPS) is 17.9. The van der Waals surface area contributed by atoms with Crippen molar-refractivity contribution in [1.82, 2.24) is 5.32 Å². The molecule has 0 amide bonds. The van der Waals surface area contributed by atoms with Crippen molar-refractivity contribution in [3.63, 3.8) is 0 Å². The highest BCUT2D eigenvalue weighted by atomic mass is 16.4. The predicted octanol–water partition coefficient (Wildman–Crippen LogP) is 2.57. The summed E-state index contributed by atoms with van der Waals surface area (Å²) in [5, 5.41) is 3.57. The molecule has 1 atom stereocenters. The first kappa shape index (κ1) is 16.3. The van der Waals surface area contributed by atoms with Gasteiger partial charge in [-0.2, -0.15) is 0 Å². The molecule has 0 saturated carbocycles. The summed E-state index contributed by atoms with van der Waals surface area (Å²) in [6.45, 7) is 6.15. The van der Waals surface area contributed by atoms with Gasteiger partial charge in [0.05, 0.1) is 0 Å². The van der Waals surface area contributed by atoms with Crippen LogP contribution in [0.3, 0.4) is 0 Å². The average molecular weight is 307 g/mol. The lowest BCUT2D eigenvalue weighted by molar-refractivity contribution is 0.246. The standard InChI is InChI=1S/C20H26BNO/c1-16-6-10-18(11-7-16)21(19-12-8-17(2)9-13-19)23-15-20-5-3-4-14-22-20/h6-13,20,22H,3-5,14-15H2,1-2H3. The molecular weight excluding hydrogens is 281 g/mol. The molecular formula is C20H26BNO. The molecule has 0 bridgehead atoms. The first-order valence-corrected chi connectivity index (χ1v) is 8.70. The summed E-state index contributed by atoms with van der Waals surface area (Å²) in [6, 6.07) is 17.9. The van der Waals surface area contributed by atoms with Crippen molar-refractivity contribution < 1.29 is 4.65 Å². The number of hydrogen-bond donors (Lipinski definition) is 1. The van der Waals surface area contributed by atoms with E-state index in [9.17, 15) is 0 Å². The van der Waals surface area contributed by atoms with Crippen molar-refractivity contribution >= 4 is 17.8 Å². The highest BCUT2D eigenvalue weighted by Crippen LogP contribution is 2.08. The third-order valence-electron chi connectivity index (χ3n) is 4.64. The van der Waals surface area contributed by atoms with Crippen LogP contribution in [-0.4, -0.2) is 26.1 Å². The molecule has 2 aromatic carbocycles. The summed E-state index contributed by atoms with van der Waals surface area (Å²) in [4.78, 5) is 0. The van der Waals surface area contributed by atoms with Crippen molar-refractivity contribution in [2.45, 2.75) is 39.2 Å². The Morgan fingerprint density at radius 3 is 1.96 bits per heavy atom. The summed E-state index contributed by atoms with van der Waals surface area (Å²) in [5.41, 5.74) is 5.03. The second-order valence-electron chi connectivity index (χ2n) is 6.68. The van der Waals surface area contributed by atoms with Crippen LogP contribution in [0, 0.1) is 13.8 Å². The monoisotopic (exact) mass is 307 g/mol. The maximum absolute atomic E-state index is 6.37. The molecule has 0 aromatic heterocycles. The molecule has 1 N–H and O–H groups in total. The van der Waals surface area contributed by atoms with Gasteiger partial charge in [-0.3, -0.25) is 0 Å². The Kier molecular flexibility index (Phi) is 5.53. The van der Waals surface area contributed by atoms with Crippen LogP contribution < -0.4 is 16.2 Å².